The first-order valence-corrected chi connectivity index (χ1v) is 9.58. The summed E-state index contributed by atoms with van der Waals surface area (Å²) in [6, 6.07) is 6.16. The Balaban J connectivity index is 1.73. The molecule has 0 unspecified atom stereocenters. The van der Waals surface area contributed by atoms with Gasteiger partial charge in [0, 0.05) is 25.9 Å². The van der Waals surface area contributed by atoms with Crippen LogP contribution >= 0.6 is 0 Å². The van der Waals surface area contributed by atoms with Crippen molar-refractivity contribution in [3.05, 3.63) is 35.5 Å². The monoisotopic (exact) mass is 368 g/mol. The van der Waals surface area contributed by atoms with Gasteiger partial charge < -0.3 is 14.4 Å². The van der Waals surface area contributed by atoms with Gasteiger partial charge in [-0.05, 0) is 69.7 Å². The Bertz CT molecular complexity index is 801. The van der Waals surface area contributed by atoms with Crippen molar-refractivity contribution in [2.45, 2.75) is 52.6 Å². The van der Waals surface area contributed by atoms with Crippen LogP contribution in [0.15, 0.2) is 29.4 Å². The summed E-state index contributed by atoms with van der Waals surface area (Å²) in [5.74, 6) is 1.25. The van der Waals surface area contributed by atoms with Crippen molar-refractivity contribution in [3.63, 3.8) is 0 Å². The minimum absolute atomic E-state index is 0.225. The molecule has 2 aromatic rings. The van der Waals surface area contributed by atoms with Crippen molar-refractivity contribution in [3.8, 4) is 17.6 Å². The Morgan fingerprint density at radius 1 is 1.22 bits per heavy atom. The Morgan fingerprint density at radius 3 is 2.74 bits per heavy atom. The van der Waals surface area contributed by atoms with E-state index in [1.807, 2.05) is 44.3 Å². The third-order valence-corrected chi connectivity index (χ3v) is 4.78. The highest BCUT2D eigenvalue weighted by molar-refractivity contribution is 5.64. The fourth-order valence-corrected chi connectivity index (χ4v) is 2.97. The molecule has 27 heavy (non-hydrogen) atoms. The van der Waals surface area contributed by atoms with Gasteiger partial charge in [0.2, 0.25) is 5.88 Å². The summed E-state index contributed by atoms with van der Waals surface area (Å²) in [4.78, 5) is 15.2. The molecule has 0 bridgehead atoms. The summed E-state index contributed by atoms with van der Waals surface area (Å²) in [6.07, 6.45) is 8.31. The number of hydrogen-bond donors (Lipinski definition) is 0. The lowest BCUT2D eigenvalue weighted by molar-refractivity contribution is 0.190. The SMILES string of the molecule is CCN(C)C=Nc1cc(C)c(Oc2ccnc(OC3CCCC3)n2)cc1C. The average Bonchev–Trinajstić information content (AvgIpc) is 3.16. The van der Waals surface area contributed by atoms with Crippen LogP contribution < -0.4 is 9.47 Å². The lowest BCUT2D eigenvalue weighted by atomic mass is 10.1. The van der Waals surface area contributed by atoms with E-state index in [0.717, 1.165) is 42.0 Å². The van der Waals surface area contributed by atoms with E-state index in [1.54, 1.807) is 12.3 Å². The number of ether oxygens (including phenoxy) is 2. The maximum atomic E-state index is 6.00. The number of aliphatic imine (C=N–C) groups is 1. The Labute approximate surface area is 161 Å². The highest BCUT2D eigenvalue weighted by Gasteiger charge is 2.18. The van der Waals surface area contributed by atoms with Crippen LogP contribution in [0.25, 0.3) is 0 Å². The van der Waals surface area contributed by atoms with Crippen LogP contribution in [0.2, 0.25) is 0 Å². The number of hydrogen-bond acceptors (Lipinski definition) is 5. The molecule has 144 valence electrons. The molecule has 0 radical (unpaired) electrons. The zero-order chi connectivity index (χ0) is 19.2. The van der Waals surface area contributed by atoms with E-state index in [9.17, 15) is 0 Å². The van der Waals surface area contributed by atoms with Crippen LogP contribution in [0.3, 0.4) is 0 Å². The second kappa shape index (κ2) is 8.84. The second-order valence-corrected chi connectivity index (χ2v) is 7.03. The molecule has 1 aromatic carbocycles. The molecule has 1 aliphatic rings. The van der Waals surface area contributed by atoms with Crippen molar-refractivity contribution in [1.29, 1.82) is 0 Å². The first kappa shape index (κ1) is 19.1. The van der Waals surface area contributed by atoms with E-state index >= 15 is 0 Å². The largest absolute Gasteiger partial charge is 0.460 e. The van der Waals surface area contributed by atoms with Crippen LogP contribution in [0, 0.1) is 13.8 Å². The van der Waals surface area contributed by atoms with Gasteiger partial charge in [0.05, 0.1) is 12.0 Å². The number of nitrogens with zero attached hydrogens (tertiary/aromatic N) is 4. The molecule has 1 aliphatic carbocycles. The van der Waals surface area contributed by atoms with Gasteiger partial charge in [0.15, 0.2) is 0 Å². The molecular formula is C21H28N4O2. The Hall–Kier alpha value is -2.63. The Kier molecular flexibility index (Phi) is 6.27. The third kappa shape index (κ3) is 5.18. The van der Waals surface area contributed by atoms with Gasteiger partial charge in [-0.3, -0.25) is 0 Å². The number of aryl methyl sites for hydroxylation is 2. The van der Waals surface area contributed by atoms with Crippen LogP contribution in [0.5, 0.6) is 17.6 Å². The Morgan fingerprint density at radius 2 is 2.00 bits per heavy atom. The predicted octanol–water partition coefficient (Wildman–Crippen LogP) is 4.82. The molecule has 0 amide bonds. The molecule has 6 heteroatoms. The van der Waals surface area contributed by atoms with Gasteiger partial charge in [-0.15, -0.1) is 0 Å². The fourth-order valence-electron chi connectivity index (χ4n) is 2.97. The van der Waals surface area contributed by atoms with Crippen molar-refractivity contribution < 1.29 is 9.47 Å². The lowest BCUT2D eigenvalue weighted by Crippen LogP contribution is -2.14. The molecule has 1 heterocycles. The van der Waals surface area contributed by atoms with E-state index in [4.69, 9.17) is 9.47 Å². The maximum Gasteiger partial charge on any atom is 0.319 e. The van der Waals surface area contributed by atoms with E-state index in [-0.39, 0.29) is 6.10 Å². The molecule has 1 fully saturated rings. The molecule has 3 rings (SSSR count). The predicted molar refractivity (Wildman–Crippen MR) is 107 cm³/mol. The van der Waals surface area contributed by atoms with Crippen molar-refractivity contribution >= 4 is 12.0 Å². The molecule has 0 aliphatic heterocycles. The van der Waals surface area contributed by atoms with E-state index in [0.29, 0.717) is 11.9 Å². The smallest absolute Gasteiger partial charge is 0.319 e. The molecule has 6 nitrogen and oxygen atoms in total. The minimum Gasteiger partial charge on any atom is -0.460 e. The molecular weight excluding hydrogens is 340 g/mol. The molecule has 0 spiro atoms. The van der Waals surface area contributed by atoms with E-state index < -0.39 is 0 Å². The van der Waals surface area contributed by atoms with Gasteiger partial charge >= 0.3 is 6.01 Å². The van der Waals surface area contributed by atoms with Crippen LogP contribution in [0.1, 0.15) is 43.7 Å². The van der Waals surface area contributed by atoms with Crippen molar-refractivity contribution in [2.24, 2.45) is 4.99 Å². The molecule has 0 N–H and O–H groups in total. The van der Waals surface area contributed by atoms with E-state index in [2.05, 4.69) is 21.9 Å². The van der Waals surface area contributed by atoms with Gasteiger partial charge in [0.25, 0.3) is 0 Å². The van der Waals surface area contributed by atoms with Gasteiger partial charge in [0.1, 0.15) is 11.9 Å². The molecule has 0 atom stereocenters. The fraction of sp³-hybridized carbons (Fsp3) is 0.476. The highest BCUT2D eigenvalue weighted by Crippen LogP contribution is 2.31. The van der Waals surface area contributed by atoms with Gasteiger partial charge in [-0.25, -0.2) is 9.98 Å². The number of benzene rings is 1. The zero-order valence-electron chi connectivity index (χ0n) is 16.6. The number of rotatable bonds is 7. The van der Waals surface area contributed by atoms with Crippen molar-refractivity contribution in [1.82, 2.24) is 14.9 Å². The summed E-state index contributed by atoms with van der Waals surface area (Å²) >= 11 is 0. The quantitative estimate of drug-likeness (QED) is 0.518. The normalized spacial score (nSPS) is 14.7. The summed E-state index contributed by atoms with van der Waals surface area (Å²) < 4.78 is 11.9. The van der Waals surface area contributed by atoms with Crippen molar-refractivity contribution in [2.75, 3.05) is 13.6 Å². The molecule has 1 aromatic heterocycles. The second-order valence-electron chi connectivity index (χ2n) is 7.03. The highest BCUT2D eigenvalue weighted by atomic mass is 16.5. The minimum atomic E-state index is 0.225. The maximum absolute atomic E-state index is 6.00. The first-order valence-electron chi connectivity index (χ1n) is 9.58. The van der Waals surface area contributed by atoms with Crippen LogP contribution in [0.4, 0.5) is 5.69 Å². The lowest BCUT2D eigenvalue weighted by Gasteiger charge is -2.14. The summed E-state index contributed by atoms with van der Waals surface area (Å²) in [5.41, 5.74) is 2.99. The molecule has 0 saturated heterocycles. The third-order valence-electron chi connectivity index (χ3n) is 4.78. The van der Waals surface area contributed by atoms with Gasteiger partial charge in [-0.1, -0.05) is 0 Å². The topological polar surface area (TPSA) is 59.8 Å². The standard InChI is InChI=1S/C21H28N4O2/c1-5-25(4)14-23-18-12-16(3)19(13-15(18)2)27-20-10-11-22-21(24-20)26-17-8-6-7-9-17/h10-14,17H,5-9H2,1-4H3. The van der Waals surface area contributed by atoms with Gasteiger partial charge in [-0.2, -0.15) is 4.98 Å². The molecule has 1 saturated carbocycles. The van der Waals surface area contributed by atoms with Crippen LogP contribution in [-0.4, -0.2) is 40.9 Å². The summed E-state index contributed by atoms with van der Waals surface area (Å²) in [5, 5.41) is 0. The summed E-state index contributed by atoms with van der Waals surface area (Å²) in [7, 11) is 2.00. The first-order chi connectivity index (χ1) is 13.0. The van der Waals surface area contributed by atoms with E-state index in [1.165, 1.54) is 12.8 Å². The number of aromatic nitrogens is 2. The zero-order valence-corrected chi connectivity index (χ0v) is 16.6. The summed E-state index contributed by atoms with van der Waals surface area (Å²) in [6.45, 7) is 7.04. The van der Waals surface area contributed by atoms with Crippen LogP contribution in [-0.2, 0) is 0 Å². The average molecular weight is 368 g/mol.